The van der Waals surface area contributed by atoms with E-state index in [-0.39, 0.29) is 0 Å². The maximum atomic E-state index is 2.44. The minimum atomic E-state index is 1.02. The largest absolute Gasteiger partial charge is 0.0622 e. The molecular weight excluding hydrogens is 817 g/mol. The highest BCUT2D eigenvalue weighted by molar-refractivity contribution is 6.23. The van der Waals surface area contributed by atoms with E-state index < -0.39 is 0 Å². The van der Waals surface area contributed by atoms with Crippen LogP contribution in [0.15, 0.2) is 255 Å². The van der Waals surface area contributed by atoms with Crippen LogP contribution in [0.5, 0.6) is 0 Å². The molecule has 0 fully saturated rings. The van der Waals surface area contributed by atoms with E-state index in [4.69, 9.17) is 0 Å². The molecule has 0 nitrogen and oxygen atoms in total. The zero-order valence-corrected chi connectivity index (χ0v) is 37.7. The van der Waals surface area contributed by atoms with Crippen LogP contribution >= 0.6 is 0 Å². The van der Waals surface area contributed by atoms with E-state index in [0.717, 1.165) is 12.8 Å². The van der Waals surface area contributed by atoms with Gasteiger partial charge in [0, 0.05) is 0 Å². The molecule has 0 heterocycles. The maximum Gasteiger partial charge on any atom is -0.00259 e. The van der Waals surface area contributed by atoms with E-state index in [0.29, 0.717) is 0 Å². The molecule has 318 valence electrons. The molecule has 13 aromatic carbocycles. The third-order valence-corrected chi connectivity index (χ3v) is 14.3. The molecule has 0 saturated heterocycles. The first-order valence-corrected chi connectivity index (χ1v) is 23.9. The van der Waals surface area contributed by atoms with Crippen molar-refractivity contribution in [1.29, 1.82) is 0 Å². The quantitative estimate of drug-likeness (QED) is 0.134. The first-order chi connectivity index (χ1) is 33.7. The fourth-order valence-corrected chi connectivity index (χ4v) is 11.0. The van der Waals surface area contributed by atoms with E-state index in [1.165, 1.54) is 131 Å². The summed E-state index contributed by atoms with van der Waals surface area (Å²) < 4.78 is 0. The molecule has 0 radical (unpaired) electrons. The Balaban J connectivity index is 0.944. The molecule has 0 aromatic heterocycles. The zero-order valence-electron chi connectivity index (χ0n) is 37.7. The van der Waals surface area contributed by atoms with Gasteiger partial charge in [-0.05, 0) is 162 Å². The zero-order chi connectivity index (χ0) is 45.0. The van der Waals surface area contributed by atoms with Crippen molar-refractivity contribution in [2.24, 2.45) is 0 Å². The minimum Gasteiger partial charge on any atom is -0.0622 e. The number of fused-ring (bicyclic) bond motifs is 6. The molecule has 13 aromatic rings. The summed E-state index contributed by atoms with van der Waals surface area (Å²) in [5.41, 5.74) is 15.1. The van der Waals surface area contributed by atoms with Gasteiger partial charge in [-0.1, -0.05) is 237 Å². The van der Waals surface area contributed by atoms with Crippen LogP contribution in [0.2, 0.25) is 0 Å². The van der Waals surface area contributed by atoms with Gasteiger partial charge in [-0.25, -0.2) is 0 Å². The second-order valence-electron chi connectivity index (χ2n) is 18.3. The molecular formula is C68H46. The highest BCUT2D eigenvalue weighted by Gasteiger charge is 2.20. The topological polar surface area (TPSA) is 0 Å². The lowest BCUT2D eigenvalue weighted by Crippen LogP contribution is -1.93. The molecule has 0 saturated carbocycles. The van der Waals surface area contributed by atoms with Crippen molar-refractivity contribution in [3.63, 3.8) is 0 Å². The van der Waals surface area contributed by atoms with Crippen molar-refractivity contribution >= 4 is 64.6 Å². The summed E-state index contributed by atoms with van der Waals surface area (Å²) in [5.74, 6) is 0. The SMILES string of the molecule is c1ccc(CCc2ccc(-c3c4ccccc4c(-c4ccc(-c5ccc6c(-c7ccc8ccccc8c7)c7ccccc7c(-c7ccc8ccccc8c7)c6c5)cc4)c4ccccc34)cc2)cc1. The van der Waals surface area contributed by atoms with Gasteiger partial charge in [0.05, 0.1) is 0 Å². The van der Waals surface area contributed by atoms with Crippen molar-refractivity contribution in [2.45, 2.75) is 12.8 Å². The fourth-order valence-electron chi connectivity index (χ4n) is 11.0. The molecule has 0 aliphatic rings. The lowest BCUT2D eigenvalue weighted by Gasteiger charge is -2.20. The molecule has 0 bridgehead atoms. The lowest BCUT2D eigenvalue weighted by molar-refractivity contribution is 0.960. The lowest BCUT2D eigenvalue weighted by atomic mass is 9.84. The molecule has 0 aliphatic heterocycles. The summed E-state index contributed by atoms with van der Waals surface area (Å²) in [6.07, 6.45) is 2.06. The highest BCUT2D eigenvalue weighted by atomic mass is 14.2. The Morgan fingerprint density at radius 1 is 0.176 bits per heavy atom. The van der Waals surface area contributed by atoms with E-state index in [1.54, 1.807) is 0 Å². The molecule has 0 heteroatoms. The van der Waals surface area contributed by atoms with Crippen molar-refractivity contribution in [3.8, 4) is 55.6 Å². The third kappa shape index (κ3) is 6.93. The van der Waals surface area contributed by atoms with Crippen LogP contribution in [0.4, 0.5) is 0 Å². The van der Waals surface area contributed by atoms with Gasteiger partial charge in [0.1, 0.15) is 0 Å². The molecule has 68 heavy (non-hydrogen) atoms. The van der Waals surface area contributed by atoms with E-state index >= 15 is 0 Å². The first-order valence-electron chi connectivity index (χ1n) is 23.9. The standard InChI is InChI=1S/C68H46/c1-2-14-45(15-3-1)26-27-46-28-30-50(31-29-46)65-57-20-8-10-22-59(57)66(60-23-11-9-21-58(60)65)51-36-32-49(33-37-51)54-40-41-63-64(44-54)68(56-39-35-48-17-5-7-19-53(48)43-56)62-25-13-12-24-61(62)67(63)55-38-34-47-16-4-6-18-52(47)42-55/h1-25,28-44H,26-27H2. The Kier molecular flexibility index (Phi) is 9.76. The number of aryl methyl sites for hydroxylation is 2. The first kappa shape index (κ1) is 39.8. The van der Waals surface area contributed by atoms with Gasteiger partial charge in [-0.15, -0.1) is 0 Å². The summed E-state index contributed by atoms with van der Waals surface area (Å²) in [5, 5.41) is 15.1. The summed E-state index contributed by atoms with van der Waals surface area (Å²) in [7, 11) is 0. The van der Waals surface area contributed by atoms with Crippen molar-refractivity contribution in [1.82, 2.24) is 0 Å². The van der Waals surface area contributed by atoms with Crippen LogP contribution in [0, 0.1) is 0 Å². The van der Waals surface area contributed by atoms with Crippen molar-refractivity contribution < 1.29 is 0 Å². The summed E-state index contributed by atoms with van der Waals surface area (Å²) >= 11 is 0. The number of benzene rings is 13. The predicted molar refractivity (Wildman–Crippen MR) is 293 cm³/mol. The number of hydrogen-bond acceptors (Lipinski definition) is 0. The monoisotopic (exact) mass is 862 g/mol. The molecule has 0 amide bonds. The number of rotatable bonds is 8. The third-order valence-electron chi connectivity index (χ3n) is 14.3. The predicted octanol–water partition coefficient (Wildman–Crippen LogP) is 18.7. The van der Waals surface area contributed by atoms with Gasteiger partial charge in [-0.2, -0.15) is 0 Å². The van der Waals surface area contributed by atoms with Crippen LogP contribution in [0.3, 0.4) is 0 Å². The fraction of sp³-hybridized carbons (Fsp3) is 0.0294. The van der Waals surface area contributed by atoms with Crippen molar-refractivity contribution in [3.05, 3.63) is 266 Å². The van der Waals surface area contributed by atoms with Crippen LogP contribution < -0.4 is 0 Å². The normalized spacial score (nSPS) is 11.6. The molecule has 0 unspecified atom stereocenters. The highest BCUT2D eigenvalue weighted by Crippen LogP contribution is 2.47. The Morgan fingerprint density at radius 2 is 0.500 bits per heavy atom. The molecule has 0 aliphatic carbocycles. The van der Waals surface area contributed by atoms with Gasteiger partial charge >= 0.3 is 0 Å². The van der Waals surface area contributed by atoms with Crippen LogP contribution in [0.1, 0.15) is 11.1 Å². The van der Waals surface area contributed by atoms with Crippen LogP contribution in [-0.2, 0) is 12.8 Å². The average Bonchev–Trinajstić information content (AvgIpc) is 3.41. The van der Waals surface area contributed by atoms with Gasteiger partial charge < -0.3 is 0 Å². The molecule has 13 rings (SSSR count). The second kappa shape index (κ2) is 16.7. The van der Waals surface area contributed by atoms with E-state index in [2.05, 4.69) is 255 Å². The molecule has 0 N–H and O–H groups in total. The molecule has 0 atom stereocenters. The Labute approximate surface area is 397 Å². The van der Waals surface area contributed by atoms with Crippen LogP contribution in [0.25, 0.3) is 120 Å². The Bertz CT molecular complexity index is 3990. The number of hydrogen-bond donors (Lipinski definition) is 0. The summed E-state index contributed by atoms with van der Waals surface area (Å²) in [4.78, 5) is 0. The van der Waals surface area contributed by atoms with Gasteiger partial charge in [0.15, 0.2) is 0 Å². The maximum absolute atomic E-state index is 2.44. The Morgan fingerprint density at radius 3 is 0.985 bits per heavy atom. The summed E-state index contributed by atoms with van der Waals surface area (Å²) in [6, 6.07) is 94.7. The van der Waals surface area contributed by atoms with Gasteiger partial charge in [0.2, 0.25) is 0 Å². The smallest absolute Gasteiger partial charge is 0.00259 e. The van der Waals surface area contributed by atoms with Gasteiger partial charge in [0.25, 0.3) is 0 Å². The molecule has 0 spiro atoms. The van der Waals surface area contributed by atoms with E-state index in [9.17, 15) is 0 Å². The Hall–Kier alpha value is -8.58. The van der Waals surface area contributed by atoms with Crippen LogP contribution in [-0.4, -0.2) is 0 Å². The van der Waals surface area contributed by atoms with Crippen molar-refractivity contribution in [2.75, 3.05) is 0 Å². The van der Waals surface area contributed by atoms with E-state index in [1.807, 2.05) is 0 Å². The second-order valence-corrected chi connectivity index (χ2v) is 18.3. The minimum absolute atomic E-state index is 1.02. The van der Waals surface area contributed by atoms with Gasteiger partial charge in [-0.3, -0.25) is 0 Å². The average molecular weight is 863 g/mol. The summed E-state index contributed by atoms with van der Waals surface area (Å²) in [6.45, 7) is 0.